The minimum atomic E-state index is -0.406. The number of hydrogen-bond donors (Lipinski definition) is 1. The van der Waals surface area contributed by atoms with Crippen molar-refractivity contribution in [1.29, 1.82) is 0 Å². The highest BCUT2D eigenvalue weighted by atomic mass is 16.5. The Morgan fingerprint density at radius 3 is 2.84 bits per heavy atom. The third-order valence-electron chi connectivity index (χ3n) is 4.53. The van der Waals surface area contributed by atoms with Crippen molar-refractivity contribution in [2.75, 3.05) is 20.7 Å². The first-order chi connectivity index (χ1) is 12.0. The molecule has 2 rings (SSSR count). The first kappa shape index (κ1) is 18.9. The average molecular weight is 347 g/mol. The van der Waals surface area contributed by atoms with E-state index in [0.29, 0.717) is 13.0 Å². The summed E-state index contributed by atoms with van der Waals surface area (Å²) < 4.78 is 4.59. The number of carbonyl (C=O) groups is 3. The molecule has 136 valence electrons. The van der Waals surface area contributed by atoms with Crippen LogP contribution in [0.15, 0.2) is 24.5 Å². The van der Waals surface area contributed by atoms with E-state index in [-0.39, 0.29) is 30.2 Å². The van der Waals surface area contributed by atoms with Crippen molar-refractivity contribution >= 4 is 17.8 Å². The van der Waals surface area contributed by atoms with Gasteiger partial charge in [0.25, 0.3) is 0 Å². The quantitative estimate of drug-likeness (QED) is 0.568. The molecule has 2 heterocycles. The highest BCUT2D eigenvalue weighted by Gasteiger charge is 2.42. The lowest BCUT2D eigenvalue weighted by Crippen LogP contribution is -2.35. The van der Waals surface area contributed by atoms with Crippen molar-refractivity contribution < 1.29 is 19.1 Å². The van der Waals surface area contributed by atoms with Crippen molar-refractivity contribution in [3.63, 3.8) is 0 Å². The van der Waals surface area contributed by atoms with Gasteiger partial charge in [-0.3, -0.25) is 19.4 Å². The second-order valence-corrected chi connectivity index (χ2v) is 6.22. The number of unbranched alkanes of at least 4 members (excludes halogenated alkanes) is 2. The van der Waals surface area contributed by atoms with Crippen LogP contribution in [-0.4, -0.2) is 48.4 Å². The molecule has 1 aliphatic rings. The van der Waals surface area contributed by atoms with Crippen LogP contribution in [0.5, 0.6) is 0 Å². The number of nitrogens with zero attached hydrogens (tertiary/aromatic N) is 2. The molecule has 1 aromatic rings. The van der Waals surface area contributed by atoms with Gasteiger partial charge in [-0.15, -0.1) is 0 Å². The second-order valence-electron chi connectivity index (χ2n) is 6.22. The van der Waals surface area contributed by atoms with Gasteiger partial charge >= 0.3 is 5.97 Å². The highest BCUT2D eigenvalue weighted by Crippen LogP contribution is 2.36. The summed E-state index contributed by atoms with van der Waals surface area (Å²) in [6, 6.07) is 3.42. The highest BCUT2D eigenvalue weighted by molar-refractivity contribution is 5.90. The SMILES string of the molecule is COC(=O)CCCCCNC(=O)[C@H]1CC(=O)N(C)[C@@H]1c1cccnc1. The van der Waals surface area contributed by atoms with Gasteiger partial charge < -0.3 is 15.0 Å². The smallest absolute Gasteiger partial charge is 0.305 e. The molecule has 1 fully saturated rings. The maximum Gasteiger partial charge on any atom is 0.305 e. The summed E-state index contributed by atoms with van der Waals surface area (Å²) in [5, 5.41) is 2.91. The molecular weight excluding hydrogens is 322 g/mol. The van der Waals surface area contributed by atoms with Gasteiger partial charge in [0.05, 0.1) is 19.1 Å². The molecule has 1 aromatic heterocycles. The van der Waals surface area contributed by atoms with Crippen molar-refractivity contribution in [3.05, 3.63) is 30.1 Å². The number of methoxy groups -OCH3 is 1. The van der Waals surface area contributed by atoms with Crippen LogP contribution in [0.2, 0.25) is 0 Å². The van der Waals surface area contributed by atoms with E-state index >= 15 is 0 Å². The summed E-state index contributed by atoms with van der Waals surface area (Å²) in [4.78, 5) is 41.3. The summed E-state index contributed by atoms with van der Waals surface area (Å²) in [7, 11) is 3.10. The molecule has 0 bridgehead atoms. The summed E-state index contributed by atoms with van der Waals surface area (Å²) in [6.45, 7) is 0.536. The Balaban J connectivity index is 1.83. The van der Waals surface area contributed by atoms with Crippen LogP contribution in [0, 0.1) is 5.92 Å². The van der Waals surface area contributed by atoms with Crippen LogP contribution in [0.4, 0.5) is 0 Å². The Morgan fingerprint density at radius 2 is 2.16 bits per heavy atom. The van der Waals surface area contributed by atoms with Crippen LogP contribution < -0.4 is 5.32 Å². The molecule has 7 nitrogen and oxygen atoms in total. The fourth-order valence-corrected chi connectivity index (χ4v) is 3.13. The Kier molecular flexibility index (Phi) is 6.91. The largest absolute Gasteiger partial charge is 0.469 e. The Hall–Kier alpha value is -2.44. The van der Waals surface area contributed by atoms with Gasteiger partial charge in [0, 0.05) is 38.8 Å². The number of amides is 2. The number of nitrogens with one attached hydrogen (secondary N) is 1. The van der Waals surface area contributed by atoms with Crippen LogP contribution >= 0.6 is 0 Å². The molecule has 2 atom stereocenters. The molecule has 0 saturated carbocycles. The van der Waals surface area contributed by atoms with E-state index in [1.807, 2.05) is 12.1 Å². The monoisotopic (exact) mass is 347 g/mol. The number of hydrogen-bond acceptors (Lipinski definition) is 5. The molecule has 0 unspecified atom stereocenters. The molecule has 0 aromatic carbocycles. The number of likely N-dealkylation sites (tertiary alicyclic amines) is 1. The Labute approximate surface area is 147 Å². The predicted molar refractivity (Wildman–Crippen MR) is 91.3 cm³/mol. The molecule has 0 aliphatic carbocycles. The summed E-state index contributed by atoms with van der Waals surface area (Å²) in [5.41, 5.74) is 0.870. The number of rotatable bonds is 8. The molecule has 2 amide bonds. The van der Waals surface area contributed by atoms with Crippen LogP contribution in [0.1, 0.15) is 43.7 Å². The summed E-state index contributed by atoms with van der Waals surface area (Å²) in [5.74, 6) is -0.765. The number of pyridine rings is 1. The molecule has 1 aliphatic heterocycles. The maximum absolute atomic E-state index is 12.5. The molecule has 1 saturated heterocycles. The zero-order valence-electron chi connectivity index (χ0n) is 14.7. The van der Waals surface area contributed by atoms with Crippen molar-refractivity contribution in [1.82, 2.24) is 15.2 Å². The number of carbonyl (C=O) groups excluding carboxylic acids is 3. The maximum atomic E-state index is 12.5. The fraction of sp³-hybridized carbons (Fsp3) is 0.556. The fourth-order valence-electron chi connectivity index (χ4n) is 3.13. The first-order valence-corrected chi connectivity index (χ1v) is 8.54. The van der Waals surface area contributed by atoms with E-state index in [9.17, 15) is 14.4 Å². The minimum Gasteiger partial charge on any atom is -0.469 e. The van der Waals surface area contributed by atoms with Crippen molar-refractivity contribution in [3.8, 4) is 0 Å². The average Bonchev–Trinajstić information content (AvgIpc) is 2.93. The first-order valence-electron chi connectivity index (χ1n) is 8.54. The Morgan fingerprint density at radius 1 is 1.36 bits per heavy atom. The van der Waals surface area contributed by atoms with Gasteiger partial charge in [-0.05, 0) is 24.5 Å². The topological polar surface area (TPSA) is 88.6 Å². The van der Waals surface area contributed by atoms with Crippen molar-refractivity contribution in [2.24, 2.45) is 5.92 Å². The number of ether oxygens (including phenoxy) is 1. The zero-order valence-corrected chi connectivity index (χ0v) is 14.7. The van der Waals surface area contributed by atoms with E-state index in [1.165, 1.54) is 7.11 Å². The second kappa shape index (κ2) is 9.15. The van der Waals surface area contributed by atoms with Crippen molar-refractivity contribution in [2.45, 2.75) is 38.1 Å². The van der Waals surface area contributed by atoms with E-state index in [0.717, 1.165) is 24.8 Å². The van der Waals surface area contributed by atoms with Gasteiger partial charge in [0.1, 0.15) is 0 Å². The minimum absolute atomic E-state index is 0.0351. The van der Waals surface area contributed by atoms with Crippen LogP contribution in [0.3, 0.4) is 0 Å². The lowest BCUT2D eigenvalue weighted by molar-refractivity contribution is -0.140. The van der Waals surface area contributed by atoms with Gasteiger partial charge in [0.15, 0.2) is 0 Å². The molecule has 0 spiro atoms. The number of aromatic nitrogens is 1. The van der Waals surface area contributed by atoms with E-state index < -0.39 is 5.92 Å². The molecule has 0 radical (unpaired) electrons. The third-order valence-corrected chi connectivity index (χ3v) is 4.53. The summed E-state index contributed by atoms with van der Waals surface area (Å²) in [6.07, 6.45) is 6.35. The molecule has 7 heteroatoms. The third kappa shape index (κ3) is 5.01. The van der Waals surface area contributed by atoms with E-state index in [4.69, 9.17) is 0 Å². The van der Waals surface area contributed by atoms with Crippen LogP contribution in [-0.2, 0) is 19.1 Å². The molecule has 1 N–H and O–H groups in total. The van der Waals surface area contributed by atoms with Crippen LogP contribution in [0.25, 0.3) is 0 Å². The number of esters is 1. The van der Waals surface area contributed by atoms with Gasteiger partial charge in [0.2, 0.25) is 11.8 Å². The van der Waals surface area contributed by atoms with Gasteiger partial charge in [-0.2, -0.15) is 0 Å². The normalized spacial score (nSPS) is 19.8. The summed E-state index contributed by atoms with van der Waals surface area (Å²) >= 11 is 0. The Bertz CT molecular complexity index is 606. The van der Waals surface area contributed by atoms with E-state index in [2.05, 4.69) is 15.0 Å². The zero-order chi connectivity index (χ0) is 18.2. The van der Waals surface area contributed by atoms with Gasteiger partial charge in [-0.1, -0.05) is 12.5 Å². The predicted octanol–water partition coefficient (Wildman–Crippen LogP) is 1.45. The standard InChI is InChI=1S/C18H25N3O4/c1-21-15(22)11-14(17(21)13-7-6-9-19-12-13)18(24)20-10-5-3-4-8-16(23)25-2/h6-7,9,12,14,17H,3-5,8,10-11H2,1-2H3,(H,20,24)/t14-,17+/m0/s1. The molecular formula is C18H25N3O4. The lowest BCUT2D eigenvalue weighted by atomic mass is 9.94. The van der Waals surface area contributed by atoms with Gasteiger partial charge in [-0.25, -0.2) is 0 Å². The van der Waals surface area contributed by atoms with E-state index in [1.54, 1.807) is 24.3 Å². The molecule has 25 heavy (non-hydrogen) atoms. The lowest BCUT2D eigenvalue weighted by Gasteiger charge is -2.24.